The Morgan fingerprint density at radius 1 is 1.22 bits per heavy atom. The Labute approximate surface area is 144 Å². The van der Waals surface area contributed by atoms with Crippen LogP contribution >= 0.6 is 23.8 Å². The lowest BCUT2D eigenvalue weighted by Crippen LogP contribution is -2.29. The molecule has 1 heterocycles. The van der Waals surface area contributed by atoms with Crippen LogP contribution in [0.15, 0.2) is 54.2 Å². The quantitative estimate of drug-likeness (QED) is 0.662. The van der Waals surface area contributed by atoms with Crippen LogP contribution in [0.3, 0.4) is 0 Å². The van der Waals surface area contributed by atoms with E-state index in [1.165, 1.54) is 11.0 Å². The summed E-state index contributed by atoms with van der Waals surface area (Å²) < 4.78 is 0. The van der Waals surface area contributed by atoms with E-state index in [4.69, 9.17) is 23.8 Å². The van der Waals surface area contributed by atoms with Gasteiger partial charge in [0.15, 0.2) is 5.11 Å². The fourth-order valence-electron chi connectivity index (χ4n) is 2.26. The number of rotatable bonds is 3. The number of phenols is 1. The lowest BCUT2D eigenvalue weighted by molar-refractivity contribution is -0.122. The van der Waals surface area contributed by atoms with Crippen LogP contribution in [-0.4, -0.2) is 21.0 Å². The van der Waals surface area contributed by atoms with Gasteiger partial charge in [0.25, 0.3) is 5.91 Å². The molecule has 0 aromatic heterocycles. The van der Waals surface area contributed by atoms with Crippen molar-refractivity contribution in [3.05, 3.63) is 70.4 Å². The van der Waals surface area contributed by atoms with Crippen LogP contribution in [0.25, 0.3) is 6.08 Å². The van der Waals surface area contributed by atoms with E-state index in [0.29, 0.717) is 22.9 Å². The summed E-state index contributed by atoms with van der Waals surface area (Å²) in [5.74, 6) is -0.191. The first-order chi connectivity index (χ1) is 11.0. The van der Waals surface area contributed by atoms with E-state index < -0.39 is 0 Å². The van der Waals surface area contributed by atoms with E-state index in [-0.39, 0.29) is 16.7 Å². The van der Waals surface area contributed by atoms with Crippen molar-refractivity contribution in [2.45, 2.75) is 6.54 Å². The van der Waals surface area contributed by atoms with Crippen LogP contribution in [0.1, 0.15) is 11.1 Å². The van der Waals surface area contributed by atoms with Gasteiger partial charge in [-0.1, -0.05) is 48.0 Å². The lowest BCUT2D eigenvalue weighted by Gasteiger charge is -2.13. The Kier molecular flexibility index (Phi) is 4.32. The molecule has 23 heavy (non-hydrogen) atoms. The Hall–Kier alpha value is -2.37. The molecular formula is C17H13ClN2O2S. The Morgan fingerprint density at radius 2 is 1.96 bits per heavy atom. The van der Waals surface area contributed by atoms with Crippen molar-refractivity contribution >= 4 is 40.9 Å². The number of hydrogen-bond acceptors (Lipinski definition) is 3. The molecule has 3 rings (SSSR count). The number of carbonyl (C=O) groups is 1. The minimum Gasteiger partial charge on any atom is -0.506 e. The molecule has 116 valence electrons. The monoisotopic (exact) mass is 344 g/mol. The minimum absolute atomic E-state index is 0.000694. The molecule has 1 aliphatic heterocycles. The SMILES string of the molecule is O=C1C(=Cc2ccc(O)c(Cl)c2)NC(=S)N1Cc1ccccc1. The average molecular weight is 345 g/mol. The number of phenolic OH excluding ortho intramolecular Hbond substituents is 1. The second kappa shape index (κ2) is 6.40. The standard InChI is InChI=1S/C17H13ClN2O2S/c18-13-8-12(6-7-15(13)21)9-14-16(22)20(17(23)19-14)10-11-4-2-1-3-5-11/h1-9,21H,10H2,(H,19,23). The molecule has 0 radical (unpaired) electrons. The molecule has 2 N–H and O–H groups in total. The number of thiocarbonyl (C=S) groups is 1. The molecule has 2 aromatic rings. The summed E-state index contributed by atoms with van der Waals surface area (Å²) in [6.45, 7) is 0.416. The van der Waals surface area contributed by atoms with Gasteiger partial charge in [-0.15, -0.1) is 0 Å². The normalized spacial score (nSPS) is 16.0. The summed E-state index contributed by atoms with van der Waals surface area (Å²) in [5.41, 5.74) is 2.08. The highest BCUT2D eigenvalue weighted by atomic mass is 35.5. The highest BCUT2D eigenvalue weighted by molar-refractivity contribution is 7.80. The number of nitrogens with one attached hydrogen (secondary N) is 1. The maximum atomic E-state index is 12.5. The zero-order chi connectivity index (χ0) is 16.4. The summed E-state index contributed by atoms with van der Waals surface area (Å²) in [6, 6.07) is 14.4. The lowest BCUT2D eigenvalue weighted by atomic mass is 10.1. The fourth-order valence-corrected chi connectivity index (χ4v) is 2.71. The van der Waals surface area contributed by atoms with Crippen LogP contribution < -0.4 is 5.32 Å². The first kappa shape index (κ1) is 15.5. The summed E-state index contributed by atoms with van der Waals surface area (Å²) in [6.07, 6.45) is 1.66. The summed E-state index contributed by atoms with van der Waals surface area (Å²) in [7, 11) is 0. The highest BCUT2D eigenvalue weighted by Crippen LogP contribution is 2.25. The zero-order valence-electron chi connectivity index (χ0n) is 12.0. The van der Waals surface area contributed by atoms with Crippen LogP contribution in [0.2, 0.25) is 5.02 Å². The summed E-state index contributed by atoms with van der Waals surface area (Å²) >= 11 is 11.1. The van der Waals surface area contributed by atoms with E-state index in [1.54, 1.807) is 18.2 Å². The Balaban J connectivity index is 1.83. The second-order valence-electron chi connectivity index (χ2n) is 5.08. The Bertz CT molecular complexity index is 805. The van der Waals surface area contributed by atoms with Gasteiger partial charge in [-0.25, -0.2) is 0 Å². The first-order valence-electron chi connectivity index (χ1n) is 6.91. The largest absolute Gasteiger partial charge is 0.506 e. The molecule has 6 heteroatoms. The van der Waals surface area contributed by atoms with Gasteiger partial charge in [0, 0.05) is 0 Å². The van der Waals surface area contributed by atoms with Crippen molar-refractivity contribution < 1.29 is 9.90 Å². The van der Waals surface area contributed by atoms with E-state index >= 15 is 0 Å². The van der Waals surface area contributed by atoms with E-state index in [1.807, 2.05) is 30.3 Å². The first-order valence-corrected chi connectivity index (χ1v) is 7.70. The van der Waals surface area contributed by atoms with Gasteiger partial charge in [-0.2, -0.15) is 0 Å². The molecule has 1 saturated heterocycles. The van der Waals surface area contributed by atoms with Crippen LogP contribution in [-0.2, 0) is 11.3 Å². The fraction of sp³-hybridized carbons (Fsp3) is 0.0588. The molecule has 0 spiro atoms. The number of halogens is 1. The van der Waals surface area contributed by atoms with Gasteiger partial charge in [0.1, 0.15) is 11.4 Å². The average Bonchev–Trinajstić information content (AvgIpc) is 2.80. The number of nitrogens with zero attached hydrogens (tertiary/aromatic N) is 1. The van der Waals surface area contributed by atoms with Crippen molar-refractivity contribution in [1.29, 1.82) is 0 Å². The number of aromatic hydroxyl groups is 1. The maximum absolute atomic E-state index is 12.5. The van der Waals surface area contributed by atoms with Gasteiger partial charge < -0.3 is 10.4 Å². The number of amides is 1. The molecule has 4 nitrogen and oxygen atoms in total. The zero-order valence-corrected chi connectivity index (χ0v) is 13.6. The number of hydrogen-bond donors (Lipinski definition) is 2. The molecule has 1 aliphatic rings. The van der Waals surface area contributed by atoms with Gasteiger partial charge in [0.2, 0.25) is 0 Å². The van der Waals surface area contributed by atoms with Gasteiger partial charge in [-0.3, -0.25) is 9.69 Å². The minimum atomic E-state index is -0.192. The molecule has 0 aliphatic carbocycles. The molecule has 1 fully saturated rings. The van der Waals surface area contributed by atoms with Crippen molar-refractivity contribution in [2.75, 3.05) is 0 Å². The predicted molar refractivity (Wildman–Crippen MR) is 93.8 cm³/mol. The van der Waals surface area contributed by atoms with E-state index in [9.17, 15) is 9.90 Å². The predicted octanol–water partition coefficient (Wildman–Crippen LogP) is 3.30. The van der Waals surface area contributed by atoms with E-state index in [2.05, 4.69) is 5.32 Å². The third-order valence-electron chi connectivity index (χ3n) is 3.43. The van der Waals surface area contributed by atoms with Gasteiger partial charge >= 0.3 is 0 Å². The highest BCUT2D eigenvalue weighted by Gasteiger charge is 2.30. The van der Waals surface area contributed by atoms with E-state index in [0.717, 1.165) is 5.56 Å². The topological polar surface area (TPSA) is 52.6 Å². The third-order valence-corrected chi connectivity index (χ3v) is 4.05. The molecule has 0 atom stereocenters. The van der Waals surface area contributed by atoms with Gasteiger partial charge in [-0.05, 0) is 41.6 Å². The molecule has 0 unspecified atom stereocenters. The van der Waals surface area contributed by atoms with Crippen LogP contribution in [0.5, 0.6) is 5.75 Å². The maximum Gasteiger partial charge on any atom is 0.276 e. The van der Waals surface area contributed by atoms with Crippen LogP contribution in [0, 0.1) is 0 Å². The van der Waals surface area contributed by atoms with Crippen molar-refractivity contribution in [3.8, 4) is 5.75 Å². The third kappa shape index (κ3) is 3.36. The van der Waals surface area contributed by atoms with Crippen molar-refractivity contribution in [2.24, 2.45) is 0 Å². The molecule has 0 bridgehead atoms. The molecule has 2 aromatic carbocycles. The number of benzene rings is 2. The van der Waals surface area contributed by atoms with Crippen LogP contribution in [0.4, 0.5) is 0 Å². The number of carbonyl (C=O) groups excluding carboxylic acids is 1. The van der Waals surface area contributed by atoms with Crippen molar-refractivity contribution in [1.82, 2.24) is 10.2 Å². The summed E-state index contributed by atoms with van der Waals surface area (Å²) in [4.78, 5) is 14.0. The van der Waals surface area contributed by atoms with Gasteiger partial charge in [0.05, 0.1) is 11.6 Å². The molecule has 1 amide bonds. The second-order valence-corrected chi connectivity index (χ2v) is 5.87. The molecule has 0 saturated carbocycles. The van der Waals surface area contributed by atoms with Crippen molar-refractivity contribution in [3.63, 3.8) is 0 Å². The Morgan fingerprint density at radius 3 is 2.65 bits per heavy atom. The summed E-state index contributed by atoms with van der Waals surface area (Å²) in [5, 5.41) is 13.0. The molecular weight excluding hydrogens is 332 g/mol. The smallest absolute Gasteiger partial charge is 0.276 e.